The number of carbonyl (C=O) groups excluding carboxylic acids is 3. The third-order valence-corrected chi connectivity index (χ3v) is 7.26. The number of amides is 1. The van der Waals surface area contributed by atoms with Crippen molar-refractivity contribution in [1.29, 1.82) is 0 Å². The summed E-state index contributed by atoms with van der Waals surface area (Å²) in [5.41, 5.74) is 4.87. The summed E-state index contributed by atoms with van der Waals surface area (Å²) in [4.78, 5) is 36.4. The molecule has 1 atom stereocenters. The van der Waals surface area contributed by atoms with E-state index < -0.39 is 32.4 Å². The van der Waals surface area contributed by atoms with Crippen molar-refractivity contribution in [3.05, 3.63) is 35.4 Å². The summed E-state index contributed by atoms with van der Waals surface area (Å²) >= 11 is 0. The van der Waals surface area contributed by atoms with Gasteiger partial charge in [0.05, 0.1) is 37.6 Å². The van der Waals surface area contributed by atoms with Crippen molar-refractivity contribution >= 4 is 27.7 Å². The predicted molar refractivity (Wildman–Crippen MR) is 136 cm³/mol. The molecule has 0 saturated heterocycles. The standard InChI is InChI=1S/C25H40N2O8S/c1-7-34-21(28)13-12-19-10-9-11-20(14-19)25(5,23(30)27-26-6)17-33-16-24(3,4)18-36(31,32)15-22(29)35-8-2/h9-11,14,26H,7-8,12-13,15-18H2,1-6H3,(H,27,30). The molecule has 0 spiro atoms. The Morgan fingerprint density at radius 3 is 2.22 bits per heavy atom. The minimum absolute atomic E-state index is 0.0246. The first-order valence-corrected chi connectivity index (χ1v) is 13.8. The van der Waals surface area contributed by atoms with Crippen molar-refractivity contribution in [1.82, 2.24) is 10.9 Å². The quantitative estimate of drug-likeness (QED) is 0.243. The molecule has 0 fully saturated rings. The average Bonchev–Trinajstić information content (AvgIpc) is 2.77. The molecule has 2 N–H and O–H groups in total. The Morgan fingerprint density at radius 1 is 0.972 bits per heavy atom. The molecule has 11 heteroatoms. The second-order valence-corrected chi connectivity index (χ2v) is 11.6. The number of hydrogen-bond donors (Lipinski definition) is 2. The van der Waals surface area contributed by atoms with Gasteiger partial charge in [0.1, 0.15) is 5.75 Å². The van der Waals surface area contributed by atoms with E-state index >= 15 is 0 Å². The third kappa shape index (κ3) is 10.6. The van der Waals surface area contributed by atoms with E-state index in [4.69, 9.17) is 14.2 Å². The molecule has 1 rings (SSSR count). The zero-order chi connectivity index (χ0) is 27.4. The van der Waals surface area contributed by atoms with Gasteiger partial charge in [-0.1, -0.05) is 38.1 Å². The highest BCUT2D eigenvalue weighted by molar-refractivity contribution is 7.92. The van der Waals surface area contributed by atoms with Crippen LogP contribution in [-0.2, 0) is 50.3 Å². The first kappa shape index (κ1) is 31.5. The smallest absolute Gasteiger partial charge is 0.321 e. The number of hydrazine groups is 1. The van der Waals surface area contributed by atoms with Crippen LogP contribution < -0.4 is 10.9 Å². The van der Waals surface area contributed by atoms with E-state index in [0.717, 1.165) is 5.56 Å². The number of aryl methyl sites for hydroxylation is 1. The highest BCUT2D eigenvalue weighted by atomic mass is 32.2. The lowest BCUT2D eigenvalue weighted by Crippen LogP contribution is -2.50. The molecule has 204 valence electrons. The van der Waals surface area contributed by atoms with Crippen LogP contribution in [0.3, 0.4) is 0 Å². The molecule has 0 aliphatic carbocycles. The second-order valence-electron chi connectivity index (χ2n) is 9.54. The number of sulfone groups is 1. The van der Waals surface area contributed by atoms with E-state index in [9.17, 15) is 22.8 Å². The Hall–Kier alpha value is -2.50. The average molecular weight is 529 g/mol. The lowest BCUT2D eigenvalue weighted by Gasteiger charge is -2.31. The number of carbonyl (C=O) groups is 3. The van der Waals surface area contributed by atoms with E-state index in [-0.39, 0.29) is 43.9 Å². The third-order valence-electron chi connectivity index (χ3n) is 5.36. The van der Waals surface area contributed by atoms with E-state index in [0.29, 0.717) is 18.6 Å². The molecule has 36 heavy (non-hydrogen) atoms. The van der Waals surface area contributed by atoms with Gasteiger partial charge in [-0.2, -0.15) is 0 Å². The van der Waals surface area contributed by atoms with E-state index in [2.05, 4.69) is 10.9 Å². The van der Waals surface area contributed by atoms with Gasteiger partial charge in [-0.25, -0.2) is 13.8 Å². The van der Waals surface area contributed by atoms with Gasteiger partial charge in [-0.05, 0) is 38.3 Å². The summed E-state index contributed by atoms with van der Waals surface area (Å²) in [6, 6.07) is 7.35. The monoisotopic (exact) mass is 528 g/mol. The number of hydrogen-bond acceptors (Lipinski definition) is 9. The number of nitrogens with one attached hydrogen (secondary N) is 2. The van der Waals surface area contributed by atoms with Gasteiger partial charge in [-0.3, -0.25) is 19.8 Å². The highest BCUT2D eigenvalue weighted by Crippen LogP contribution is 2.28. The van der Waals surface area contributed by atoms with Crippen LogP contribution in [0.25, 0.3) is 0 Å². The maximum atomic E-state index is 13.0. The molecule has 0 radical (unpaired) electrons. The van der Waals surface area contributed by atoms with Crippen LogP contribution in [0.2, 0.25) is 0 Å². The molecule has 0 aliphatic rings. The van der Waals surface area contributed by atoms with Crippen molar-refractivity contribution in [2.75, 3.05) is 45.0 Å². The van der Waals surface area contributed by atoms with Crippen LogP contribution in [0.15, 0.2) is 24.3 Å². The van der Waals surface area contributed by atoms with Crippen molar-refractivity contribution in [3.8, 4) is 0 Å². The number of esters is 2. The Kier molecular flexibility index (Phi) is 12.5. The van der Waals surface area contributed by atoms with E-state index in [1.807, 2.05) is 18.2 Å². The number of ether oxygens (including phenoxy) is 3. The lowest BCUT2D eigenvalue weighted by molar-refractivity contribution is -0.143. The van der Waals surface area contributed by atoms with Crippen molar-refractivity contribution in [2.45, 2.75) is 52.9 Å². The van der Waals surface area contributed by atoms with Crippen molar-refractivity contribution < 1.29 is 37.0 Å². The minimum Gasteiger partial charge on any atom is -0.466 e. The largest absolute Gasteiger partial charge is 0.466 e. The van der Waals surface area contributed by atoms with Crippen LogP contribution in [0.4, 0.5) is 0 Å². The predicted octanol–water partition coefficient (Wildman–Crippen LogP) is 1.71. The summed E-state index contributed by atoms with van der Waals surface area (Å²) < 4.78 is 40.5. The summed E-state index contributed by atoms with van der Waals surface area (Å²) in [7, 11) is -2.13. The first-order chi connectivity index (χ1) is 16.8. The minimum atomic E-state index is -3.71. The van der Waals surface area contributed by atoms with E-state index in [1.54, 1.807) is 47.7 Å². The molecule has 0 aliphatic heterocycles. The SMILES string of the molecule is CCOC(=O)CCc1cccc(C(C)(COCC(C)(C)CS(=O)(=O)CC(=O)OCC)C(=O)NNC)c1. The molecule has 10 nitrogen and oxygen atoms in total. The summed E-state index contributed by atoms with van der Waals surface area (Å²) in [5.74, 6) is -2.37. The molecular formula is C25H40N2O8S. The van der Waals surface area contributed by atoms with Gasteiger partial charge in [0.25, 0.3) is 0 Å². The first-order valence-electron chi connectivity index (χ1n) is 11.9. The summed E-state index contributed by atoms with van der Waals surface area (Å²) in [6.07, 6.45) is 0.685. The molecule has 0 heterocycles. The zero-order valence-corrected chi connectivity index (χ0v) is 23.0. The van der Waals surface area contributed by atoms with Crippen molar-refractivity contribution in [3.63, 3.8) is 0 Å². The van der Waals surface area contributed by atoms with Crippen LogP contribution in [0, 0.1) is 5.41 Å². The van der Waals surface area contributed by atoms with Crippen LogP contribution >= 0.6 is 0 Å². The van der Waals surface area contributed by atoms with Gasteiger partial charge in [0, 0.05) is 18.9 Å². The Morgan fingerprint density at radius 2 is 1.61 bits per heavy atom. The molecule has 0 aromatic heterocycles. The Labute approximate surface area is 214 Å². The lowest BCUT2D eigenvalue weighted by atomic mass is 9.81. The fourth-order valence-corrected chi connectivity index (χ4v) is 5.50. The summed E-state index contributed by atoms with van der Waals surface area (Å²) in [6.45, 7) is 8.98. The van der Waals surface area contributed by atoms with E-state index in [1.165, 1.54) is 0 Å². The molecule has 0 saturated carbocycles. The molecular weight excluding hydrogens is 488 g/mol. The molecule has 0 bridgehead atoms. The van der Waals surface area contributed by atoms with Crippen LogP contribution in [0.1, 0.15) is 52.2 Å². The van der Waals surface area contributed by atoms with Gasteiger partial charge < -0.3 is 14.2 Å². The maximum Gasteiger partial charge on any atom is 0.321 e. The Bertz CT molecular complexity index is 994. The van der Waals surface area contributed by atoms with Crippen LogP contribution in [-0.4, -0.2) is 71.2 Å². The molecule has 1 unspecified atom stereocenters. The fraction of sp³-hybridized carbons (Fsp3) is 0.640. The van der Waals surface area contributed by atoms with Crippen LogP contribution in [0.5, 0.6) is 0 Å². The van der Waals surface area contributed by atoms with Gasteiger partial charge in [0.15, 0.2) is 9.84 Å². The van der Waals surface area contributed by atoms with Gasteiger partial charge in [-0.15, -0.1) is 0 Å². The zero-order valence-electron chi connectivity index (χ0n) is 22.1. The highest BCUT2D eigenvalue weighted by Gasteiger charge is 2.37. The summed E-state index contributed by atoms with van der Waals surface area (Å²) in [5, 5.41) is 0. The van der Waals surface area contributed by atoms with Gasteiger partial charge >= 0.3 is 11.9 Å². The molecule has 1 aromatic carbocycles. The molecule has 1 amide bonds. The Balaban J connectivity index is 2.97. The fourth-order valence-electron chi connectivity index (χ4n) is 3.68. The second kappa shape index (κ2) is 14.3. The number of rotatable bonds is 16. The van der Waals surface area contributed by atoms with Crippen molar-refractivity contribution in [2.24, 2.45) is 5.41 Å². The maximum absolute atomic E-state index is 13.0. The van der Waals surface area contributed by atoms with Gasteiger partial charge in [0.2, 0.25) is 5.91 Å². The topological polar surface area (TPSA) is 137 Å². The molecule has 1 aromatic rings. The normalized spacial score (nSPS) is 13.5. The number of benzene rings is 1.